The molecule has 82 valence electrons. The van der Waals surface area contributed by atoms with Crippen LogP contribution in [0.3, 0.4) is 0 Å². The van der Waals surface area contributed by atoms with E-state index in [4.69, 9.17) is 28.3 Å². The molecule has 0 saturated carbocycles. The molecule has 2 rings (SSSR count). The molecule has 0 unspecified atom stereocenters. The number of benzene rings is 1. The maximum Gasteiger partial charge on any atom is 0.336 e. The van der Waals surface area contributed by atoms with E-state index in [0.717, 1.165) is 4.88 Å². The smallest absolute Gasteiger partial charge is 0.336 e. The molecule has 0 radical (unpaired) electrons. The van der Waals surface area contributed by atoms with Gasteiger partial charge in [-0.15, -0.1) is 11.3 Å². The standard InChI is InChI=1S/C11H6Cl2O2S/c12-6-1-2-7(8(5-6)11(14)15)10-9(13)3-4-16-10/h1-5H,(H,14,15). The number of halogens is 2. The van der Waals surface area contributed by atoms with Crippen molar-refractivity contribution in [1.82, 2.24) is 0 Å². The van der Waals surface area contributed by atoms with Gasteiger partial charge in [0.1, 0.15) is 0 Å². The lowest BCUT2D eigenvalue weighted by atomic mass is 10.1. The van der Waals surface area contributed by atoms with Gasteiger partial charge >= 0.3 is 5.97 Å². The number of carboxylic acid groups (broad SMARTS) is 1. The first-order valence-corrected chi connectivity index (χ1v) is 5.99. The summed E-state index contributed by atoms with van der Waals surface area (Å²) in [6.45, 7) is 0. The molecule has 1 aromatic carbocycles. The molecule has 0 amide bonds. The Morgan fingerprint density at radius 2 is 2.00 bits per heavy atom. The van der Waals surface area contributed by atoms with E-state index in [1.165, 1.54) is 17.4 Å². The fraction of sp³-hybridized carbons (Fsp3) is 0. The summed E-state index contributed by atoms with van der Waals surface area (Å²) in [5.74, 6) is -1.01. The first kappa shape index (κ1) is 11.5. The van der Waals surface area contributed by atoms with Crippen LogP contribution in [-0.4, -0.2) is 11.1 Å². The topological polar surface area (TPSA) is 37.3 Å². The van der Waals surface area contributed by atoms with Crippen LogP contribution in [0, 0.1) is 0 Å². The van der Waals surface area contributed by atoms with Crippen LogP contribution in [0.1, 0.15) is 10.4 Å². The van der Waals surface area contributed by atoms with Crippen LogP contribution in [0.2, 0.25) is 10.0 Å². The molecular formula is C11H6Cl2O2S. The lowest BCUT2D eigenvalue weighted by Gasteiger charge is -2.05. The summed E-state index contributed by atoms with van der Waals surface area (Å²) in [7, 11) is 0. The highest BCUT2D eigenvalue weighted by Crippen LogP contribution is 2.36. The quantitative estimate of drug-likeness (QED) is 0.879. The highest BCUT2D eigenvalue weighted by Gasteiger charge is 2.15. The molecule has 0 bridgehead atoms. The number of thiophene rings is 1. The van der Waals surface area contributed by atoms with Crippen LogP contribution in [0.25, 0.3) is 10.4 Å². The normalized spacial score (nSPS) is 10.4. The van der Waals surface area contributed by atoms with Crippen LogP contribution >= 0.6 is 34.5 Å². The third-order valence-electron chi connectivity index (χ3n) is 2.07. The second-order valence-corrected chi connectivity index (χ2v) is 4.85. The maximum atomic E-state index is 11.1. The molecular weight excluding hydrogens is 267 g/mol. The van der Waals surface area contributed by atoms with Gasteiger partial charge in [0.2, 0.25) is 0 Å². The Balaban J connectivity index is 2.65. The Morgan fingerprint density at radius 1 is 1.25 bits per heavy atom. The van der Waals surface area contributed by atoms with Crippen LogP contribution in [0.15, 0.2) is 29.6 Å². The van der Waals surface area contributed by atoms with Crippen molar-refractivity contribution in [1.29, 1.82) is 0 Å². The lowest BCUT2D eigenvalue weighted by Crippen LogP contribution is -1.98. The summed E-state index contributed by atoms with van der Waals surface area (Å²) in [4.78, 5) is 11.8. The summed E-state index contributed by atoms with van der Waals surface area (Å²) in [5, 5.41) is 11.8. The lowest BCUT2D eigenvalue weighted by molar-refractivity contribution is 0.0698. The van der Waals surface area contributed by atoms with E-state index in [2.05, 4.69) is 0 Å². The average molecular weight is 273 g/mol. The van der Waals surface area contributed by atoms with Crippen molar-refractivity contribution >= 4 is 40.5 Å². The monoisotopic (exact) mass is 272 g/mol. The molecule has 16 heavy (non-hydrogen) atoms. The van der Waals surface area contributed by atoms with Crippen molar-refractivity contribution in [3.05, 3.63) is 45.3 Å². The van der Waals surface area contributed by atoms with Crippen LogP contribution in [-0.2, 0) is 0 Å². The molecule has 2 aromatic rings. The van der Waals surface area contributed by atoms with Gasteiger partial charge in [0.25, 0.3) is 0 Å². The largest absolute Gasteiger partial charge is 0.478 e. The van der Waals surface area contributed by atoms with Crippen molar-refractivity contribution < 1.29 is 9.90 Å². The van der Waals surface area contributed by atoms with Gasteiger partial charge in [-0.25, -0.2) is 4.79 Å². The molecule has 2 nitrogen and oxygen atoms in total. The van der Waals surface area contributed by atoms with Gasteiger partial charge in [-0.3, -0.25) is 0 Å². The number of rotatable bonds is 2. The molecule has 1 aromatic heterocycles. The molecule has 0 atom stereocenters. The summed E-state index contributed by atoms with van der Waals surface area (Å²) >= 11 is 13.1. The Hall–Kier alpha value is -1.03. The minimum absolute atomic E-state index is 0.164. The zero-order valence-electron chi connectivity index (χ0n) is 7.91. The summed E-state index contributed by atoms with van der Waals surface area (Å²) in [6.07, 6.45) is 0. The molecule has 0 aliphatic rings. The van der Waals surface area contributed by atoms with Crippen molar-refractivity contribution in [3.63, 3.8) is 0 Å². The average Bonchev–Trinajstić information content (AvgIpc) is 2.64. The van der Waals surface area contributed by atoms with E-state index in [1.54, 1.807) is 18.2 Å². The Bertz CT molecular complexity index is 549. The summed E-state index contributed by atoms with van der Waals surface area (Å²) < 4.78 is 0. The Labute approximate surface area is 106 Å². The first-order valence-electron chi connectivity index (χ1n) is 4.36. The molecule has 0 spiro atoms. The van der Waals surface area contributed by atoms with Gasteiger partial charge < -0.3 is 5.11 Å². The summed E-state index contributed by atoms with van der Waals surface area (Å²) in [6, 6.07) is 6.49. The number of carboxylic acids is 1. The number of aromatic carboxylic acids is 1. The third kappa shape index (κ3) is 2.07. The van der Waals surface area contributed by atoms with Gasteiger partial charge in [0.15, 0.2) is 0 Å². The second kappa shape index (κ2) is 4.45. The van der Waals surface area contributed by atoms with E-state index >= 15 is 0 Å². The van der Waals surface area contributed by atoms with Crippen molar-refractivity contribution in [2.45, 2.75) is 0 Å². The summed E-state index contributed by atoms with van der Waals surface area (Å²) in [5.41, 5.74) is 0.758. The van der Waals surface area contributed by atoms with Crippen LogP contribution in [0.5, 0.6) is 0 Å². The van der Waals surface area contributed by atoms with Gasteiger partial charge in [0.05, 0.1) is 15.5 Å². The fourth-order valence-electron chi connectivity index (χ4n) is 1.38. The zero-order chi connectivity index (χ0) is 11.7. The molecule has 0 saturated heterocycles. The van der Waals surface area contributed by atoms with Crippen LogP contribution < -0.4 is 0 Å². The maximum absolute atomic E-state index is 11.1. The van der Waals surface area contributed by atoms with Crippen molar-refractivity contribution in [3.8, 4) is 10.4 Å². The molecule has 0 fully saturated rings. The first-order chi connectivity index (χ1) is 7.59. The highest BCUT2D eigenvalue weighted by molar-refractivity contribution is 7.14. The number of carbonyl (C=O) groups is 1. The molecule has 0 aliphatic heterocycles. The van der Waals surface area contributed by atoms with E-state index in [9.17, 15) is 4.79 Å². The number of hydrogen-bond donors (Lipinski definition) is 1. The molecule has 0 aliphatic carbocycles. The van der Waals surface area contributed by atoms with E-state index < -0.39 is 5.97 Å². The van der Waals surface area contributed by atoms with E-state index in [-0.39, 0.29) is 5.56 Å². The molecule has 5 heteroatoms. The van der Waals surface area contributed by atoms with Crippen LogP contribution in [0.4, 0.5) is 0 Å². The predicted molar refractivity (Wildman–Crippen MR) is 66.7 cm³/mol. The van der Waals surface area contributed by atoms with Gasteiger partial charge in [-0.05, 0) is 23.6 Å². The van der Waals surface area contributed by atoms with E-state index in [0.29, 0.717) is 15.6 Å². The van der Waals surface area contributed by atoms with Gasteiger partial charge in [0, 0.05) is 10.6 Å². The minimum atomic E-state index is -1.01. The highest BCUT2D eigenvalue weighted by atomic mass is 35.5. The van der Waals surface area contributed by atoms with Gasteiger partial charge in [-0.1, -0.05) is 29.3 Å². The Morgan fingerprint density at radius 3 is 2.56 bits per heavy atom. The number of hydrogen-bond acceptors (Lipinski definition) is 2. The molecule has 1 heterocycles. The van der Waals surface area contributed by atoms with E-state index in [1.807, 2.05) is 5.38 Å². The minimum Gasteiger partial charge on any atom is -0.478 e. The predicted octanol–water partition coefficient (Wildman–Crippen LogP) is 4.42. The van der Waals surface area contributed by atoms with Crippen molar-refractivity contribution in [2.75, 3.05) is 0 Å². The molecule has 1 N–H and O–H groups in total. The van der Waals surface area contributed by atoms with Crippen molar-refractivity contribution in [2.24, 2.45) is 0 Å². The zero-order valence-corrected chi connectivity index (χ0v) is 10.2. The third-order valence-corrected chi connectivity index (χ3v) is 3.68. The SMILES string of the molecule is O=C(O)c1cc(Cl)ccc1-c1sccc1Cl. The fourth-order valence-corrected chi connectivity index (χ4v) is 2.75. The second-order valence-electron chi connectivity index (χ2n) is 3.09. The Kier molecular flexibility index (Phi) is 3.19. The van der Waals surface area contributed by atoms with Gasteiger partial charge in [-0.2, -0.15) is 0 Å².